The highest BCUT2D eigenvalue weighted by atomic mass is 79.9. The largest absolute Gasteiger partial charge is 0.341 e. The number of carbonyl (C=O) groups excluding carboxylic acids is 1. The van der Waals surface area contributed by atoms with Crippen LogP contribution in [-0.4, -0.2) is 38.8 Å². The van der Waals surface area contributed by atoms with E-state index >= 15 is 0 Å². The molecule has 1 amide bonds. The monoisotopic (exact) mass is 444 g/mol. The van der Waals surface area contributed by atoms with Crippen molar-refractivity contribution in [2.45, 2.75) is 25.0 Å². The van der Waals surface area contributed by atoms with Crippen LogP contribution in [0.1, 0.15) is 18.1 Å². The van der Waals surface area contributed by atoms with E-state index in [0.29, 0.717) is 23.3 Å². The first-order chi connectivity index (χ1) is 13.1. The van der Waals surface area contributed by atoms with E-state index in [1.807, 2.05) is 36.4 Å². The number of benzene rings is 2. The minimum atomic E-state index is 0.0365. The minimum Gasteiger partial charge on any atom is -0.341 e. The van der Waals surface area contributed by atoms with E-state index < -0.39 is 0 Å². The number of thioether (sulfide) groups is 1. The second-order valence-electron chi connectivity index (χ2n) is 6.15. The zero-order chi connectivity index (χ0) is 19.2. The maximum atomic E-state index is 12.4. The van der Waals surface area contributed by atoms with Gasteiger partial charge in [0.25, 0.3) is 0 Å². The first-order valence-electron chi connectivity index (χ1n) is 8.68. The third kappa shape index (κ3) is 5.20. The zero-order valence-corrected chi connectivity index (χ0v) is 17.7. The van der Waals surface area contributed by atoms with Gasteiger partial charge in [0.05, 0.1) is 5.75 Å². The van der Waals surface area contributed by atoms with Crippen molar-refractivity contribution < 1.29 is 4.79 Å². The van der Waals surface area contributed by atoms with Gasteiger partial charge in [-0.15, -0.1) is 5.10 Å². The summed E-state index contributed by atoms with van der Waals surface area (Å²) >= 11 is 4.85. The fraction of sp³-hybridized carbons (Fsp3) is 0.250. The van der Waals surface area contributed by atoms with Crippen molar-refractivity contribution in [3.05, 3.63) is 64.1 Å². The van der Waals surface area contributed by atoms with Gasteiger partial charge in [-0.2, -0.15) is 0 Å². The molecule has 0 aliphatic carbocycles. The summed E-state index contributed by atoms with van der Waals surface area (Å²) in [6.07, 6.45) is 1.01. The minimum absolute atomic E-state index is 0.0365. The number of aryl methyl sites for hydroxylation is 1. The lowest BCUT2D eigenvalue weighted by Crippen LogP contribution is -2.27. The standard InChI is InChI=1S/C20H21BrN4OS/c1-3-14-8-10-15(11-9-14)19-22-20(24-23-19)27-13-18(26)25(2)12-16-6-4-5-7-17(16)21/h4-11H,3,12-13H2,1-2H3,(H,22,23,24). The van der Waals surface area contributed by atoms with E-state index in [9.17, 15) is 4.79 Å². The van der Waals surface area contributed by atoms with Gasteiger partial charge in [0.2, 0.25) is 11.1 Å². The molecule has 1 aromatic heterocycles. The Morgan fingerprint density at radius 2 is 1.93 bits per heavy atom. The molecule has 0 fully saturated rings. The third-order valence-corrected chi connectivity index (χ3v) is 5.82. The van der Waals surface area contributed by atoms with E-state index in [0.717, 1.165) is 22.0 Å². The van der Waals surface area contributed by atoms with Gasteiger partial charge in [0, 0.05) is 23.6 Å². The number of carbonyl (C=O) groups is 1. The molecule has 0 radical (unpaired) electrons. The van der Waals surface area contributed by atoms with E-state index in [1.54, 1.807) is 11.9 Å². The van der Waals surface area contributed by atoms with Gasteiger partial charge in [-0.3, -0.25) is 9.89 Å². The molecule has 0 saturated heterocycles. The Morgan fingerprint density at radius 3 is 2.63 bits per heavy atom. The normalized spacial score (nSPS) is 10.8. The number of halogens is 1. The number of rotatable bonds is 7. The fourth-order valence-electron chi connectivity index (χ4n) is 2.55. The van der Waals surface area contributed by atoms with Crippen molar-refractivity contribution in [1.29, 1.82) is 0 Å². The molecule has 3 aromatic rings. The molecule has 0 aliphatic heterocycles. The average molecular weight is 445 g/mol. The van der Waals surface area contributed by atoms with Crippen LogP contribution < -0.4 is 0 Å². The van der Waals surface area contributed by atoms with Crippen LogP contribution in [-0.2, 0) is 17.8 Å². The topological polar surface area (TPSA) is 61.9 Å². The molecule has 0 saturated carbocycles. The van der Waals surface area contributed by atoms with Crippen molar-refractivity contribution in [1.82, 2.24) is 20.1 Å². The lowest BCUT2D eigenvalue weighted by molar-refractivity contribution is -0.127. The summed E-state index contributed by atoms with van der Waals surface area (Å²) in [5.41, 5.74) is 3.35. The maximum absolute atomic E-state index is 12.4. The zero-order valence-electron chi connectivity index (χ0n) is 15.3. The molecule has 7 heteroatoms. The number of aromatic amines is 1. The third-order valence-electron chi connectivity index (χ3n) is 4.22. The number of nitrogens with zero attached hydrogens (tertiary/aromatic N) is 3. The molecule has 0 bridgehead atoms. The molecule has 5 nitrogen and oxygen atoms in total. The predicted molar refractivity (Wildman–Crippen MR) is 113 cm³/mol. The second-order valence-corrected chi connectivity index (χ2v) is 7.94. The van der Waals surface area contributed by atoms with Crippen LogP contribution in [0.2, 0.25) is 0 Å². The van der Waals surface area contributed by atoms with Gasteiger partial charge < -0.3 is 4.90 Å². The van der Waals surface area contributed by atoms with Crippen molar-refractivity contribution in [3.63, 3.8) is 0 Å². The van der Waals surface area contributed by atoms with Gasteiger partial charge in [-0.25, -0.2) is 4.98 Å². The van der Waals surface area contributed by atoms with Crippen LogP contribution in [0, 0.1) is 0 Å². The molecule has 2 aromatic carbocycles. The first kappa shape index (κ1) is 19.6. The van der Waals surface area contributed by atoms with Crippen molar-refractivity contribution in [3.8, 4) is 11.4 Å². The lowest BCUT2D eigenvalue weighted by atomic mass is 10.1. The molecule has 1 heterocycles. The summed E-state index contributed by atoms with van der Waals surface area (Å²) in [4.78, 5) is 18.6. The molecule has 0 unspecified atom stereocenters. The Bertz CT molecular complexity index is 910. The molecular weight excluding hydrogens is 424 g/mol. The van der Waals surface area contributed by atoms with Crippen LogP contribution in [0.4, 0.5) is 0 Å². The quantitative estimate of drug-likeness (QED) is 0.543. The Balaban J connectivity index is 1.56. The molecule has 140 valence electrons. The van der Waals surface area contributed by atoms with Gasteiger partial charge in [0.1, 0.15) is 0 Å². The fourth-order valence-corrected chi connectivity index (χ4v) is 3.69. The molecule has 0 spiro atoms. The summed E-state index contributed by atoms with van der Waals surface area (Å²) < 4.78 is 1.00. The highest BCUT2D eigenvalue weighted by Crippen LogP contribution is 2.21. The molecule has 0 atom stereocenters. The van der Waals surface area contributed by atoms with Crippen LogP contribution in [0.15, 0.2) is 58.2 Å². The van der Waals surface area contributed by atoms with Crippen LogP contribution in [0.5, 0.6) is 0 Å². The van der Waals surface area contributed by atoms with Gasteiger partial charge in [-0.05, 0) is 23.6 Å². The Kier molecular flexibility index (Phi) is 6.68. The first-order valence-corrected chi connectivity index (χ1v) is 10.5. The highest BCUT2D eigenvalue weighted by Gasteiger charge is 2.13. The summed E-state index contributed by atoms with van der Waals surface area (Å²) in [5, 5.41) is 7.74. The van der Waals surface area contributed by atoms with Crippen LogP contribution in [0.3, 0.4) is 0 Å². The van der Waals surface area contributed by atoms with Crippen molar-refractivity contribution in [2.75, 3.05) is 12.8 Å². The molecule has 1 N–H and O–H groups in total. The van der Waals surface area contributed by atoms with E-state index in [2.05, 4.69) is 50.2 Å². The number of hydrogen-bond acceptors (Lipinski definition) is 4. The van der Waals surface area contributed by atoms with Crippen molar-refractivity contribution in [2.24, 2.45) is 0 Å². The second kappa shape index (κ2) is 9.19. The Hall–Kier alpha value is -2.12. The van der Waals surface area contributed by atoms with Crippen LogP contribution >= 0.6 is 27.7 Å². The van der Waals surface area contributed by atoms with Crippen molar-refractivity contribution >= 4 is 33.6 Å². The number of nitrogens with one attached hydrogen (secondary N) is 1. The van der Waals surface area contributed by atoms with Gasteiger partial charge in [0.15, 0.2) is 5.82 Å². The predicted octanol–water partition coefficient (Wildman–Crippen LogP) is 4.55. The SMILES string of the molecule is CCc1ccc(-c2nc(SCC(=O)N(C)Cc3ccccc3Br)n[nH]2)cc1. The maximum Gasteiger partial charge on any atom is 0.233 e. The lowest BCUT2D eigenvalue weighted by Gasteiger charge is -2.17. The molecule has 27 heavy (non-hydrogen) atoms. The highest BCUT2D eigenvalue weighted by molar-refractivity contribution is 9.10. The molecule has 0 aliphatic rings. The van der Waals surface area contributed by atoms with E-state index in [-0.39, 0.29) is 5.91 Å². The van der Waals surface area contributed by atoms with Gasteiger partial charge >= 0.3 is 0 Å². The summed E-state index contributed by atoms with van der Waals surface area (Å²) in [7, 11) is 1.81. The number of H-pyrrole nitrogens is 1. The Morgan fingerprint density at radius 1 is 1.19 bits per heavy atom. The molecular formula is C20H21BrN4OS. The van der Waals surface area contributed by atoms with E-state index in [1.165, 1.54) is 17.3 Å². The summed E-state index contributed by atoms with van der Waals surface area (Å²) in [5.74, 6) is 1.05. The smallest absolute Gasteiger partial charge is 0.233 e. The average Bonchev–Trinajstić information content (AvgIpc) is 3.17. The Labute approximate surface area is 171 Å². The number of hydrogen-bond donors (Lipinski definition) is 1. The molecule has 3 rings (SSSR count). The summed E-state index contributed by atoms with van der Waals surface area (Å²) in [6.45, 7) is 2.69. The number of amides is 1. The summed E-state index contributed by atoms with van der Waals surface area (Å²) in [6, 6.07) is 16.2. The van der Waals surface area contributed by atoms with Crippen LogP contribution in [0.25, 0.3) is 11.4 Å². The van der Waals surface area contributed by atoms with E-state index in [4.69, 9.17) is 0 Å². The number of aromatic nitrogens is 3. The van der Waals surface area contributed by atoms with Gasteiger partial charge in [-0.1, -0.05) is 77.1 Å².